The number of benzene rings is 1. The fourth-order valence-corrected chi connectivity index (χ4v) is 2.14. The second-order valence-electron chi connectivity index (χ2n) is 4.79. The summed E-state index contributed by atoms with van der Waals surface area (Å²) < 4.78 is 19.2. The van der Waals surface area contributed by atoms with Gasteiger partial charge in [0.25, 0.3) is 0 Å². The van der Waals surface area contributed by atoms with Crippen LogP contribution in [-0.4, -0.2) is 11.0 Å². The quantitative estimate of drug-likeness (QED) is 0.807. The van der Waals surface area contributed by atoms with Gasteiger partial charge in [-0.05, 0) is 40.2 Å². The smallest absolute Gasteiger partial charge is 0.219 e. The Hall–Kier alpha value is -1.17. The summed E-state index contributed by atoms with van der Waals surface area (Å²) in [6.07, 6.45) is 0. The maximum absolute atomic E-state index is 13.2. The predicted molar refractivity (Wildman–Crippen MR) is 85.4 cm³/mol. The second-order valence-corrected chi connectivity index (χ2v) is 6.05. The number of rotatable bonds is 5. The number of nitrogens with one attached hydrogen (secondary N) is 1. The molecule has 0 aliphatic carbocycles. The van der Waals surface area contributed by atoms with Crippen LogP contribution in [0.4, 0.5) is 4.39 Å². The zero-order chi connectivity index (χ0) is 15.4. The highest BCUT2D eigenvalue weighted by atomic mass is 79.9. The van der Waals surface area contributed by atoms with Gasteiger partial charge in [-0.3, -0.25) is 0 Å². The zero-order valence-corrected chi connectivity index (χ0v) is 14.0. The standard InChI is InChI=1S/C15H15BrClFN2O/c1-9(2)19-8-14-12(17)4-6-15(20-14)21-10-3-5-13(18)11(16)7-10/h3-7,9,19H,8H2,1-2H3. The van der Waals surface area contributed by atoms with Gasteiger partial charge in [-0.1, -0.05) is 25.4 Å². The number of hydrogen-bond donors (Lipinski definition) is 1. The maximum atomic E-state index is 13.2. The summed E-state index contributed by atoms with van der Waals surface area (Å²) in [5, 5.41) is 3.83. The molecule has 0 unspecified atom stereocenters. The molecule has 1 aromatic carbocycles. The van der Waals surface area contributed by atoms with E-state index in [4.69, 9.17) is 16.3 Å². The van der Waals surface area contributed by atoms with Gasteiger partial charge in [0.1, 0.15) is 11.6 Å². The molecule has 2 aromatic rings. The molecular weight excluding hydrogens is 359 g/mol. The Bertz CT molecular complexity index is 637. The first kappa shape index (κ1) is 16.2. The van der Waals surface area contributed by atoms with Crippen molar-refractivity contribution < 1.29 is 9.13 Å². The first-order valence-electron chi connectivity index (χ1n) is 6.47. The highest BCUT2D eigenvalue weighted by molar-refractivity contribution is 9.10. The molecular formula is C15H15BrClFN2O. The minimum Gasteiger partial charge on any atom is -0.439 e. The Morgan fingerprint density at radius 3 is 2.76 bits per heavy atom. The Balaban J connectivity index is 2.16. The van der Waals surface area contributed by atoms with Crippen LogP contribution in [0.25, 0.3) is 0 Å². The van der Waals surface area contributed by atoms with Crippen LogP contribution in [0, 0.1) is 5.82 Å². The van der Waals surface area contributed by atoms with E-state index in [-0.39, 0.29) is 5.82 Å². The van der Waals surface area contributed by atoms with Crippen molar-refractivity contribution in [2.45, 2.75) is 26.4 Å². The Morgan fingerprint density at radius 1 is 1.33 bits per heavy atom. The Kier molecular flexibility index (Phi) is 5.56. The molecule has 21 heavy (non-hydrogen) atoms. The number of aromatic nitrogens is 1. The third-order valence-electron chi connectivity index (χ3n) is 2.68. The third kappa shape index (κ3) is 4.66. The van der Waals surface area contributed by atoms with E-state index < -0.39 is 0 Å². The molecule has 6 heteroatoms. The van der Waals surface area contributed by atoms with Crippen LogP contribution in [0.3, 0.4) is 0 Å². The summed E-state index contributed by atoms with van der Waals surface area (Å²) >= 11 is 9.23. The summed E-state index contributed by atoms with van der Waals surface area (Å²) in [6, 6.07) is 8.18. The lowest BCUT2D eigenvalue weighted by molar-refractivity contribution is 0.456. The van der Waals surface area contributed by atoms with Gasteiger partial charge in [0.2, 0.25) is 5.88 Å². The monoisotopic (exact) mass is 372 g/mol. The van der Waals surface area contributed by atoms with Gasteiger partial charge in [-0.25, -0.2) is 9.37 Å². The van der Waals surface area contributed by atoms with Gasteiger partial charge in [-0.2, -0.15) is 0 Å². The van der Waals surface area contributed by atoms with Gasteiger partial charge >= 0.3 is 0 Å². The molecule has 0 radical (unpaired) electrons. The molecule has 0 fully saturated rings. The van der Waals surface area contributed by atoms with Crippen LogP contribution in [0.1, 0.15) is 19.5 Å². The lowest BCUT2D eigenvalue weighted by Gasteiger charge is -2.11. The van der Waals surface area contributed by atoms with Crippen LogP contribution >= 0.6 is 27.5 Å². The van der Waals surface area contributed by atoms with Crippen molar-refractivity contribution in [2.75, 3.05) is 0 Å². The van der Waals surface area contributed by atoms with E-state index in [1.54, 1.807) is 24.3 Å². The summed E-state index contributed by atoms with van der Waals surface area (Å²) in [5.41, 5.74) is 0.712. The van der Waals surface area contributed by atoms with Gasteiger partial charge in [0.05, 0.1) is 15.2 Å². The maximum Gasteiger partial charge on any atom is 0.219 e. The van der Waals surface area contributed by atoms with Gasteiger partial charge in [0, 0.05) is 18.7 Å². The topological polar surface area (TPSA) is 34.2 Å². The van der Waals surface area contributed by atoms with Crippen LogP contribution < -0.4 is 10.1 Å². The van der Waals surface area contributed by atoms with Crippen LogP contribution in [0.15, 0.2) is 34.8 Å². The molecule has 1 N–H and O–H groups in total. The minimum atomic E-state index is -0.340. The first-order valence-corrected chi connectivity index (χ1v) is 7.64. The normalized spacial score (nSPS) is 11.0. The molecule has 0 bridgehead atoms. The van der Waals surface area contributed by atoms with Crippen molar-refractivity contribution in [3.05, 3.63) is 51.3 Å². The van der Waals surface area contributed by atoms with E-state index in [9.17, 15) is 4.39 Å². The van der Waals surface area contributed by atoms with Crippen molar-refractivity contribution >= 4 is 27.5 Å². The summed E-state index contributed by atoms with van der Waals surface area (Å²) in [4.78, 5) is 4.37. The largest absolute Gasteiger partial charge is 0.439 e. The average molecular weight is 374 g/mol. The molecule has 0 aliphatic heterocycles. The Labute approximate surface area is 136 Å². The lowest BCUT2D eigenvalue weighted by atomic mass is 10.3. The van der Waals surface area contributed by atoms with E-state index in [0.717, 1.165) is 0 Å². The molecule has 0 saturated heterocycles. The number of nitrogens with zero attached hydrogens (tertiary/aromatic N) is 1. The van der Waals surface area contributed by atoms with Crippen LogP contribution in [0.5, 0.6) is 11.6 Å². The SMILES string of the molecule is CC(C)NCc1nc(Oc2ccc(F)c(Br)c2)ccc1Cl. The fraction of sp³-hybridized carbons (Fsp3) is 0.267. The number of ether oxygens (including phenoxy) is 1. The van der Waals surface area contributed by atoms with Crippen LogP contribution in [-0.2, 0) is 6.54 Å². The van der Waals surface area contributed by atoms with Crippen molar-refractivity contribution in [2.24, 2.45) is 0 Å². The van der Waals surface area contributed by atoms with Gasteiger partial charge in [-0.15, -0.1) is 0 Å². The lowest BCUT2D eigenvalue weighted by Crippen LogP contribution is -2.22. The molecule has 0 spiro atoms. The summed E-state index contributed by atoms with van der Waals surface area (Å²) in [6.45, 7) is 4.65. The highest BCUT2D eigenvalue weighted by Crippen LogP contribution is 2.27. The van der Waals surface area contributed by atoms with Crippen LogP contribution in [0.2, 0.25) is 5.02 Å². The summed E-state index contributed by atoms with van der Waals surface area (Å²) in [7, 11) is 0. The predicted octanol–water partition coefficient (Wildman–Crippen LogP) is 4.93. The van der Waals surface area contributed by atoms with Gasteiger partial charge < -0.3 is 10.1 Å². The van der Waals surface area contributed by atoms with Crippen molar-refractivity contribution in [1.29, 1.82) is 0 Å². The number of hydrogen-bond acceptors (Lipinski definition) is 3. The molecule has 0 aliphatic rings. The molecule has 2 rings (SSSR count). The molecule has 1 heterocycles. The van der Waals surface area contributed by atoms with E-state index in [1.165, 1.54) is 6.07 Å². The minimum absolute atomic E-state index is 0.334. The number of pyridine rings is 1. The van der Waals surface area contributed by atoms with Crippen molar-refractivity contribution in [3.8, 4) is 11.6 Å². The molecule has 112 valence electrons. The molecule has 0 amide bonds. The van der Waals surface area contributed by atoms with E-state index in [0.29, 0.717) is 39.4 Å². The number of halogens is 3. The Morgan fingerprint density at radius 2 is 2.10 bits per heavy atom. The van der Waals surface area contributed by atoms with E-state index in [1.807, 2.05) is 13.8 Å². The average Bonchev–Trinajstić information content (AvgIpc) is 2.43. The first-order chi connectivity index (χ1) is 9.95. The molecule has 1 aromatic heterocycles. The highest BCUT2D eigenvalue weighted by Gasteiger charge is 2.08. The van der Waals surface area contributed by atoms with Crippen molar-refractivity contribution in [3.63, 3.8) is 0 Å². The van der Waals surface area contributed by atoms with Gasteiger partial charge in [0.15, 0.2) is 0 Å². The van der Waals surface area contributed by atoms with Crippen molar-refractivity contribution in [1.82, 2.24) is 10.3 Å². The molecule has 0 saturated carbocycles. The fourth-order valence-electron chi connectivity index (χ4n) is 1.61. The second kappa shape index (κ2) is 7.20. The zero-order valence-electron chi connectivity index (χ0n) is 11.7. The molecule has 0 atom stereocenters. The summed E-state index contributed by atoms with van der Waals surface area (Å²) in [5.74, 6) is 0.576. The van der Waals surface area contributed by atoms with E-state index >= 15 is 0 Å². The molecule has 3 nitrogen and oxygen atoms in total. The third-order valence-corrected chi connectivity index (χ3v) is 3.64. The van der Waals surface area contributed by atoms with E-state index in [2.05, 4.69) is 26.2 Å².